The maximum Gasteiger partial charge on any atom is 0.253 e. The second-order valence-electron chi connectivity index (χ2n) is 7.09. The van der Waals surface area contributed by atoms with Gasteiger partial charge in [-0.1, -0.05) is 26.0 Å². The van der Waals surface area contributed by atoms with Crippen molar-refractivity contribution in [3.05, 3.63) is 72.7 Å². The number of rotatable bonds is 10. The van der Waals surface area contributed by atoms with Crippen LogP contribution >= 0.6 is 11.3 Å². The number of hydrogen-bond acceptors (Lipinski definition) is 7. The summed E-state index contributed by atoms with van der Waals surface area (Å²) in [5.41, 5.74) is 2.17. The van der Waals surface area contributed by atoms with Crippen LogP contribution in [0.5, 0.6) is 5.75 Å². The largest absolute Gasteiger partial charge is 0.508 e. The number of benzene rings is 1. The molecule has 0 spiro atoms. The number of nitrogens with one attached hydrogen (secondary N) is 2. The summed E-state index contributed by atoms with van der Waals surface area (Å²) in [6.07, 6.45) is 9.57. The average molecular weight is 456 g/mol. The van der Waals surface area contributed by atoms with Crippen LogP contribution in [0, 0.1) is 12.8 Å². The number of thiophene rings is 1. The molecule has 7 heteroatoms. The van der Waals surface area contributed by atoms with Crippen LogP contribution in [-0.2, 0) is 12.8 Å². The molecule has 6 nitrogen and oxygen atoms in total. The van der Waals surface area contributed by atoms with Gasteiger partial charge in [0.2, 0.25) is 0 Å². The van der Waals surface area contributed by atoms with Crippen molar-refractivity contribution in [1.82, 2.24) is 4.90 Å². The van der Waals surface area contributed by atoms with E-state index in [-0.39, 0.29) is 11.8 Å². The minimum Gasteiger partial charge on any atom is -0.508 e. The first-order chi connectivity index (χ1) is 15.5. The highest BCUT2D eigenvalue weighted by atomic mass is 32.1. The second-order valence-corrected chi connectivity index (χ2v) is 7.87. The van der Waals surface area contributed by atoms with Gasteiger partial charge in [0.1, 0.15) is 17.1 Å². The van der Waals surface area contributed by atoms with Crippen molar-refractivity contribution in [3.63, 3.8) is 0 Å². The predicted octanol–water partition coefficient (Wildman–Crippen LogP) is 3.56. The van der Waals surface area contributed by atoms with Crippen molar-refractivity contribution in [2.24, 2.45) is 0 Å². The van der Waals surface area contributed by atoms with Crippen molar-refractivity contribution >= 4 is 22.7 Å². The molecule has 0 amide bonds. The van der Waals surface area contributed by atoms with Gasteiger partial charge in [-0.25, -0.2) is 0 Å². The number of phenolic OH excluding ortho intramolecular Hbond substituents is 1. The summed E-state index contributed by atoms with van der Waals surface area (Å²) in [6, 6.07) is 9.30. The van der Waals surface area contributed by atoms with Gasteiger partial charge in [-0.3, -0.25) is 9.59 Å². The van der Waals surface area contributed by atoms with Crippen LogP contribution < -0.4 is 21.5 Å². The van der Waals surface area contributed by atoms with Crippen LogP contribution in [0.2, 0.25) is 0 Å². The highest BCUT2D eigenvalue weighted by Crippen LogP contribution is 2.17. The molecule has 0 bridgehead atoms. The zero-order chi connectivity index (χ0) is 24.1. The number of terminal acetylenes is 1. The fraction of sp³-hybridized carbons (Fsp3) is 0.360. The fourth-order valence-corrected chi connectivity index (χ4v) is 3.76. The molecule has 0 unspecified atom stereocenters. The summed E-state index contributed by atoms with van der Waals surface area (Å²) in [6.45, 7) is 5.15. The van der Waals surface area contributed by atoms with E-state index in [9.17, 15) is 14.7 Å². The molecule has 1 heterocycles. The highest BCUT2D eigenvalue weighted by Gasteiger charge is 2.22. The third-order valence-electron chi connectivity index (χ3n) is 4.86. The molecule has 1 atom stereocenters. The molecule has 3 aromatic rings. The van der Waals surface area contributed by atoms with Crippen molar-refractivity contribution in [2.45, 2.75) is 32.7 Å². The fourth-order valence-electron chi connectivity index (χ4n) is 3.06. The van der Waals surface area contributed by atoms with Crippen molar-refractivity contribution in [2.75, 3.05) is 37.8 Å². The first-order valence-corrected chi connectivity index (χ1v) is 11.5. The van der Waals surface area contributed by atoms with Crippen molar-refractivity contribution in [3.8, 4) is 18.6 Å². The number of nitrogens with zero attached hydrogens (tertiary/aromatic N) is 1. The zero-order valence-corrected chi connectivity index (χ0v) is 20.0. The lowest BCUT2D eigenvalue weighted by molar-refractivity contribution is 0.303. The minimum absolute atomic E-state index is 0.132. The molecule has 0 aliphatic rings. The SMILES string of the molecule is C#C.CC.CN(C)[C@H](CNc1c(NCCc2ccsc2)c(=O)c1=O)Cc1ccc(O)cc1. The van der Waals surface area contributed by atoms with E-state index < -0.39 is 10.9 Å². The van der Waals surface area contributed by atoms with E-state index in [4.69, 9.17) is 0 Å². The number of likely N-dealkylation sites (N-methyl/N-ethyl adjacent to an activating group) is 1. The first-order valence-electron chi connectivity index (χ1n) is 10.6. The zero-order valence-electron chi connectivity index (χ0n) is 19.2. The van der Waals surface area contributed by atoms with Crippen LogP contribution in [0.3, 0.4) is 0 Å². The van der Waals surface area contributed by atoms with Gasteiger partial charge in [-0.05, 0) is 67.0 Å². The van der Waals surface area contributed by atoms with E-state index >= 15 is 0 Å². The van der Waals surface area contributed by atoms with Crippen LogP contribution in [0.1, 0.15) is 25.0 Å². The minimum atomic E-state index is -0.458. The van der Waals surface area contributed by atoms with E-state index in [0.29, 0.717) is 24.5 Å². The summed E-state index contributed by atoms with van der Waals surface area (Å²) < 4.78 is 0. The Morgan fingerprint density at radius 1 is 0.969 bits per heavy atom. The van der Waals surface area contributed by atoms with Crippen LogP contribution in [0.15, 0.2) is 50.7 Å². The number of aromatic hydroxyl groups is 1. The van der Waals surface area contributed by atoms with Gasteiger partial charge >= 0.3 is 0 Å². The molecule has 0 fully saturated rings. The Morgan fingerprint density at radius 3 is 2.09 bits per heavy atom. The average Bonchev–Trinajstić information content (AvgIpc) is 3.34. The van der Waals surface area contributed by atoms with Gasteiger partial charge in [-0.2, -0.15) is 11.3 Å². The predicted molar refractivity (Wildman–Crippen MR) is 137 cm³/mol. The second kappa shape index (κ2) is 14.1. The van der Waals surface area contributed by atoms with E-state index in [1.54, 1.807) is 23.5 Å². The summed E-state index contributed by atoms with van der Waals surface area (Å²) in [5.74, 6) is 0.241. The molecule has 0 radical (unpaired) electrons. The third kappa shape index (κ3) is 7.56. The summed E-state index contributed by atoms with van der Waals surface area (Å²) in [7, 11) is 3.96. The van der Waals surface area contributed by atoms with Crippen LogP contribution in [0.25, 0.3) is 0 Å². The molecule has 0 saturated heterocycles. The Labute approximate surface area is 194 Å². The van der Waals surface area contributed by atoms with Gasteiger partial charge in [-0.15, -0.1) is 12.8 Å². The van der Waals surface area contributed by atoms with E-state index in [1.165, 1.54) is 5.56 Å². The van der Waals surface area contributed by atoms with Gasteiger partial charge in [0.15, 0.2) is 0 Å². The smallest absolute Gasteiger partial charge is 0.253 e. The molecule has 0 aliphatic carbocycles. The molecule has 0 aliphatic heterocycles. The first kappa shape index (κ1) is 27.0. The molecular weight excluding hydrogens is 422 g/mol. The summed E-state index contributed by atoms with van der Waals surface area (Å²) in [5, 5.41) is 19.8. The molecule has 0 saturated carbocycles. The lowest BCUT2D eigenvalue weighted by atomic mass is 10.0. The Hall–Kier alpha value is -3.08. The Balaban J connectivity index is 0.00000121. The van der Waals surface area contributed by atoms with E-state index in [2.05, 4.69) is 39.8 Å². The standard InChI is InChI=1S/C21H25N3O3S.C2H6.C2H2/c1-24(2)16(11-14-3-5-17(25)6-4-14)12-23-19-18(20(26)21(19)27)22-9-7-15-8-10-28-13-15;2*1-2/h3-6,8,10,13,16,22-23,25H,7,9,11-12H2,1-2H3;1-2H3;1-2H/t16-;;/m0../s1. The van der Waals surface area contributed by atoms with Crippen molar-refractivity contribution < 1.29 is 5.11 Å². The molecule has 3 N–H and O–H groups in total. The van der Waals surface area contributed by atoms with Gasteiger partial charge in [0.25, 0.3) is 10.9 Å². The van der Waals surface area contributed by atoms with Crippen LogP contribution in [-0.4, -0.2) is 43.2 Å². The topological polar surface area (TPSA) is 81.7 Å². The normalized spacial score (nSPS) is 11.1. The van der Waals surface area contributed by atoms with Gasteiger partial charge in [0, 0.05) is 19.1 Å². The monoisotopic (exact) mass is 455 g/mol. The van der Waals surface area contributed by atoms with E-state index in [1.807, 2.05) is 45.5 Å². The number of anilines is 2. The third-order valence-corrected chi connectivity index (χ3v) is 5.59. The number of phenols is 1. The molecule has 2 aromatic carbocycles. The maximum atomic E-state index is 12.0. The van der Waals surface area contributed by atoms with E-state index in [0.717, 1.165) is 18.4 Å². The lowest BCUT2D eigenvalue weighted by Gasteiger charge is -2.26. The summed E-state index contributed by atoms with van der Waals surface area (Å²) in [4.78, 5) is 26.0. The van der Waals surface area contributed by atoms with Crippen LogP contribution in [0.4, 0.5) is 11.4 Å². The van der Waals surface area contributed by atoms with Gasteiger partial charge < -0.3 is 20.6 Å². The Bertz CT molecular complexity index is 1000. The van der Waals surface area contributed by atoms with Crippen molar-refractivity contribution in [1.29, 1.82) is 0 Å². The molecule has 3 rings (SSSR count). The lowest BCUT2D eigenvalue weighted by Crippen LogP contribution is -2.42. The maximum absolute atomic E-state index is 12.0. The number of hydrogen-bond donors (Lipinski definition) is 3. The quantitative estimate of drug-likeness (QED) is 0.320. The Kier molecular flexibility index (Phi) is 11.9. The molecule has 1 aromatic heterocycles. The summed E-state index contributed by atoms with van der Waals surface area (Å²) >= 11 is 1.64. The molecule has 32 heavy (non-hydrogen) atoms. The van der Waals surface area contributed by atoms with Gasteiger partial charge in [0.05, 0.1) is 0 Å². The Morgan fingerprint density at radius 2 is 1.56 bits per heavy atom. The highest BCUT2D eigenvalue weighted by molar-refractivity contribution is 7.07. The molecular formula is C25H33N3O3S. The molecule has 172 valence electrons.